The summed E-state index contributed by atoms with van der Waals surface area (Å²) in [6, 6.07) is 14.7. The largest absolute Gasteiger partial charge is 0.387 e. The molecule has 5 nitrogen and oxygen atoms in total. The van der Waals surface area contributed by atoms with Gasteiger partial charge >= 0.3 is 0 Å². The molecule has 0 aliphatic rings. The van der Waals surface area contributed by atoms with Crippen LogP contribution in [0.2, 0.25) is 5.02 Å². The number of halogens is 1. The summed E-state index contributed by atoms with van der Waals surface area (Å²) >= 11 is 6.15. The summed E-state index contributed by atoms with van der Waals surface area (Å²) in [7, 11) is 0. The van der Waals surface area contributed by atoms with Crippen molar-refractivity contribution >= 4 is 34.6 Å². The molecular formula is C18H14ClN3O2. The quantitative estimate of drug-likeness (QED) is 0.329. The lowest BCUT2D eigenvalue weighted by Crippen LogP contribution is -2.14. The zero-order valence-electron chi connectivity index (χ0n) is 12.6. The van der Waals surface area contributed by atoms with Gasteiger partial charge in [0.15, 0.2) is 5.76 Å². The van der Waals surface area contributed by atoms with Crippen molar-refractivity contribution in [3.63, 3.8) is 0 Å². The molecule has 0 atom stereocenters. The van der Waals surface area contributed by atoms with Crippen LogP contribution in [0.5, 0.6) is 0 Å². The van der Waals surface area contributed by atoms with Crippen LogP contribution in [0.3, 0.4) is 0 Å². The first-order chi connectivity index (χ1) is 11.6. The maximum Gasteiger partial charge on any atom is 0.260 e. The normalized spacial score (nSPS) is 11.0. The number of aromatic nitrogens is 1. The third kappa shape index (κ3) is 2.89. The average molecular weight is 340 g/mol. The van der Waals surface area contributed by atoms with Gasteiger partial charge in [-0.3, -0.25) is 4.79 Å². The topological polar surface area (TPSA) is 80.5 Å². The number of nitrogens with two attached hydrogens (primary N) is 1. The standard InChI is InChI=1S/C18H14ClN3O2/c1-11(24-21-10-20)16-17(12-5-3-2-4-6-12)14-9-13(19)7-8-15(14)22-18(16)23/h2-10H,1H2,(H2,20,21)(H,22,23). The van der Waals surface area contributed by atoms with Gasteiger partial charge in [0.25, 0.3) is 5.56 Å². The predicted octanol–water partition coefficient (Wildman–Crippen LogP) is 3.74. The number of hydrogen-bond donors (Lipinski definition) is 2. The molecule has 120 valence electrons. The number of pyridine rings is 1. The van der Waals surface area contributed by atoms with Gasteiger partial charge in [-0.2, -0.15) is 0 Å². The zero-order valence-corrected chi connectivity index (χ0v) is 13.4. The Kier molecular flexibility index (Phi) is 4.35. The van der Waals surface area contributed by atoms with E-state index in [9.17, 15) is 4.79 Å². The molecule has 0 bridgehead atoms. The molecule has 0 spiro atoms. The molecule has 6 heteroatoms. The van der Waals surface area contributed by atoms with E-state index in [1.165, 1.54) is 0 Å². The summed E-state index contributed by atoms with van der Waals surface area (Å²) in [6.07, 6.45) is 0.986. The Morgan fingerprint density at radius 2 is 2.00 bits per heavy atom. The van der Waals surface area contributed by atoms with Crippen LogP contribution in [0.1, 0.15) is 5.56 Å². The van der Waals surface area contributed by atoms with Crippen molar-refractivity contribution in [2.45, 2.75) is 0 Å². The van der Waals surface area contributed by atoms with E-state index in [2.05, 4.69) is 16.7 Å². The van der Waals surface area contributed by atoms with Crippen molar-refractivity contribution in [2.75, 3.05) is 0 Å². The molecule has 0 radical (unpaired) electrons. The van der Waals surface area contributed by atoms with Gasteiger partial charge in [0.2, 0.25) is 0 Å². The first kappa shape index (κ1) is 15.8. The minimum Gasteiger partial charge on any atom is -0.387 e. The van der Waals surface area contributed by atoms with Crippen molar-refractivity contribution in [1.82, 2.24) is 4.98 Å². The van der Waals surface area contributed by atoms with E-state index in [0.717, 1.165) is 17.3 Å². The molecule has 0 amide bonds. The highest BCUT2D eigenvalue weighted by Crippen LogP contribution is 2.33. The van der Waals surface area contributed by atoms with Gasteiger partial charge in [-0.25, -0.2) is 0 Å². The molecule has 3 aromatic rings. The predicted molar refractivity (Wildman–Crippen MR) is 97.8 cm³/mol. The van der Waals surface area contributed by atoms with E-state index < -0.39 is 0 Å². The Balaban J connectivity index is 2.39. The number of fused-ring (bicyclic) bond motifs is 1. The van der Waals surface area contributed by atoms with Crippen LogP contribution < -0.4 is 11.3 Å². The molecular weight excluding hydrogens is 326 g/mol. The maximum absolute atomic E-state index is 12.6. The second kappa shape index (κ2) is 6.60. The van der Waals surface area contributed by atoms with Gasteiger partial charge in [0, 0.05) is 21.5 Å². The smallest absolute Gasteiger partial charge is 0.260 e. The highest BCUT2D eigenvalue weighted by molar-refractivity contribution is 6.31. The SMILES string of the molecule is C=C(O/N=C/N)c1c(-c2ccccc2)c2cc(Cl)ccc2[nH]c1=O. The van der Waals surface area contributed by atoms with Crippen LogP contribution in [-0.4, -0.2) is 11.3 Å². The minimum atomic E-state index is -0.333. The summed E-state index contributed by atoms with van der Waals surface area (Å²) < 4.78 is 0. The van der Waals surface area contributed by atoms with Crippen molar-refractivity contribution in [2.24, 2.45) is 10.9 Å². The molecule has 0 aliphatic heterocycles. The zero-order chi connectivity index (χ0) is 17.1. The summed E-state index contributed by atoms with van der Waals surface area (Å²) in [4.78, 5) is 20.5. The number of nitrogens with one attached hydrogen (secondary N) is 1. The summed E-state index contributed by atoms with van der Waals surface area (Å²) in [6.45, 7) is 3.79. The van der Waals surface area contributed by atoms with Gasteiger partial charge in [-0.15, -0.1) is 0 Å². The van der Waals surface area contributed by atoms with E-state index in [4.69, 9.17) is 22.2 Å². The highest BCUT2D eigenvalue weighted by Gasteiger charge is 2.18. The van der Waals surface area contributed by atoms with Crippen LogP contribution in [0.4, 0.5) is 0 Å². The lowest BCUT2D eigenvalue weighted by atomic mass is 9.95. The molecule has 0 saturated carbocycles. The number of rotatable bonds is 4. The third-order valence-corrected chi connectivity index (χ3v) is 3.78. The van der Waals surface area contributed by atoms with E-state index in [-0.39, 0.29) is 16.9 Å². The number of benzene rings is 2. The van der Waals surface area contributed by atoms with Crippen LogP contribution in [0.25, 0.3) is 27.8 Å². The third-order valence-electron chi connectivity index (χ3n) is 3.54. The minimum absolute atomic E-state index is 0.0960. The number of nitrogens with zero attached hydrogens (tertiary/aromatic N) is 1. The lowest BCUT2D eigenvalue weighted by molar-refractivity contribution is 0.300. The van der Waals surface area contributed by atoms with Crippen LogP contribution in [0.15, 0.2) is 65.1 Å². The Morgan fingerprint density at radius 3 is 2.71 bits per heavy atom. The van der Waals surface area contributed by atoms with Gasteiger partial charge in [0.05, 0.1) is 5.56 Å². The molecule has 0 fully saturated rings. The van der Waals surface area contributed by atoms with Crippen LogP contribution in [-0.2, 0) is 4.84 Å². The van der Waals surface area contributed by atoms with E-state index in [0.29, 0.717) is 16.1 Å². The Bertz CT molecular complexity index is 994. The molecule has 0 unspecified atom stereocenters. The van der Waals surface area contributed by atoms with E-state index in [1.54, 1.807) is 18.2 Å². The van der Waals surface area contributed by atoms with Gasteiger partial charge in [-0.1, -0.05) is 53.7 Å². The van der Waals surface area contributed by atoms with Crippen molar-refractivity contribution in [3.05, 3.63) is 76.0 Å². The summed E-state index contributed by atoms with van der Waals surface area (Å²) in [5, 5.41) is 4.84. The fourth-order valence-electron chi connectivity index (χ4n) is 2.58. The maximum atomic E-state index is 12.6. The Hall–Kier alpha value is -3.05. The second-order valence-corrected chi connectivity index (χ2v) is 5.47. The van der Waals surface area contributed by atoms with Crippen molar-refractivity contribution < 1.29 is 4.84 Å². The van der Waals surface area contributed by atoms with Crippen molar-refractivity contribution in [1.29, 1.82) is 0 Å². The fourth-order valence-corrected chi connectivity index (χ4v) is 2.75. The average Bonchev–Trinajstić information content (AvgIpc) is 2.59. The first-order valence-corrected chi connectivity index (χ1v) is 7.50. The molecule has 3 N–H and O–H groups in total. The molecule has 24 heavy (non-hydrogen) atoms. The van der Waals surface area contributed by atoms with Crippen LogP contribution >= 0.6 is 11.6 Å². The fraction of sp³-hybridized carbons (Fsp3) is 0. The van der Waals surface area contributed by atoms with E-state index in [1.807, 2.05) is 30.3 Å². The monoisotopic (exact) mass is 339 g/mol. The molecule has 1 heterocycles. The summed E-state index contributed by atoms with van der Waals surface area (Å²) in [5.41, 5.74) is 7.32. The number of aromatic amines is 1. The van der Waals surface area contributed by atoms with E-state index >= 15 is 0 Å². The van der Waals surface area contributed by atoms with Gasteiger partial charge < -0.3 is 15.6 Å². The second-order valence-electron chi connectivity index (χ2n) is 5.03. The number of H-pyrrole nitrogens is 1. The first-order valence-electron chi connectivity index (χ1n) is 7.12. The van der Waals surface area contributed by atoms with Gasteiger partial charge in [-0.05, 0) is 23.8 Å². The number of oxime groups is 1. The Morgan fingerprint density at radius 1 is 1.25 bits per heavy atom. The molecule has 0 saturated heterocycles. The van der Waals surface area contributed by atoms with Crippen LogP contribution in [0, 0.1) is 0 Å². The van der Waals surface area contributed by atoms with Gasteiger partial charge in [0.1, 0.15) is 6.34 Å². The van der Waals surface area contributed by atoms with Crippen molar-refractivity contribution in [3.8, 4) is 11.1 Å². The molecule has 3 rings (SSSR count). The molecule has 0 aliphatic carbocycles. The Labute approximate surface area is 143 Å². The molecule has 2 aromatic carbocycles. The molecule has 1 aromatic heterocycles. The lowest BCUT2D eigenvalue weighted by Gasteiger charge is -2.13. The number of hydrogen-bond acceptors (Lipinski definition) is 3. The highest BCUT2D eigenvalue weighted by atomic mass is 35.5. The summed E-state index contributed by atoms with van der Waals surface area (Å²) in [5.74, 6) is 0.0960.